The first kappa shape index (κ1) is 20.6. The molecule has 2 amide bonds. The van der Waals surface area contributed by atoms with Crippen LogP contribution >= 0.6 is 0 Å². The number of hydrogen-bond donors (Lipinski definition) is 0. The van der Waals surface area contributed by atoms with Crippen molar-refractivity contribution in [2.75, 3.05) is 21.2 Å². The number of aliphatic imine (C=N–C) groups is 1. The number of ether oxygens (including phenoxy) is 2. The van der Waals surface area contributed by atoms with Gasteiger partial charge in [0.25, 0.3) is 5.91 Å². The minimum atomic E-state index is -0.607. The largest absolute Gasteiger partial charge is 0.497 e. The molecule has 0 spiro atoms. The number of nitrogens with zero attached hydrogens (tertiary/aromatic N) is 5. The van der Waals surface area contributed by atoms with Gasteiger partial charge in [0.1, 0.15) is 11.4 Å². The Hall–Kier alpha value is -4.14. The van der Waals surface area contributed by atoms with Crippen molar-refractivity contribution in [3.63, 3.8) is 0 Å². The average molecular weight is 405 g/mol. The summed E-state index contributed by atoms with van der Waals surface area (Å²) in [6.45, 7) is 0. The molecule has 0 aliphatic heterocycles. The van der Waals surface area contributed by atoms with Gasteiger partial charge in [0, 0.05) is 25.9 Å². The summed E-state index contributed by atoms with van der Waals surface area (Å²) in [5.74, 6) is 0.272. The minimum absolute atomic E-state index is 0.0849. The normalized spacial score (nSPS) is 10.6. The summed E-state index contributed by atoms with van der Waals surface area (Å²) in [6.07, 6.45) is 3.66. The van der Waals surface area contributed by atoms with Gasteiger partial charge in [-0.05, 0) is 35.9 Å². The molecule has 2 aromatic heterocycles. The Kier molecular flexibility index (Phi) is 6.43. The van der Waals surface area contributed by atoms with Crippen molar-refractivity contribution in [2.45, 2.75) is 0 Å². The monoisotopic (exact) mass is 405 g/mol. The van der Waals surface area contributed by atoms with Gasteiger partial charge in [0.15, 0.2) is 11.4 Å². The van der Waals surface area contributed by atoms with Gasteiger partial charge in [-0.3, -0.25) is 9.78 Å². The Morgan fingerprint density at radius 1 is 1.07 bits per heavy atom. The summed E-state index contributed by atoms with van der Waals surface area (Å²) in [7, 11) is 4.70. The number of carbonyl (C=O) groups is 2. The molecule has 152 valence electrons. The Balaban J connectivity index is 1.87. The number of benzene rings is 1. The standard InChI is InChI=1S/C21H19N5O4/c1-26(2)21(28)30-18-5-4-11-22-17(18)13-23-20(27)19-16(10-12-24-25-19)14-6-8-15(29-3)9-7-14/h4-13H,1-3H3. The van der Waals surface area contributed by atoms with Gasteiger partial charge < -0.3 is 14.4 Å². The van der Waals surface area contributed by atoms with Crippen molar-refractivity contribution in [1.82, 2.24) is 20.1 Å². The van der Waals surface area contributed by atoms with E-state index in [-0.39, 0.29) is 17.1 Å². The topological polar surface area (TPSA) is 107 Å². The van der Waals surface area contributed by atoms with E-state index in [2.05, 4.69) is 20.2 Å². The number of aromatic nitrogens is 3. The molecule has 2 heterocycles. The number of carbonyl (C=O) groups excluding carboxylic acids is 2. The van der Waals surface area contributed by atoms with Crippen molar-refractivity contribution >= 4 is 18.2 Å². The van der Waals surface area contributed by atoms with E-state index >= 15 is 0 Å². The van der Waals surface area contributed by atoms with Crippen LogP contribution in [0.15, 0.2) is 59.9 Å². The highest BCUT2D eigenvalue weighted by atomic mass is 16.6. The summed E-state index contributed by atoms with van der Waals surface area (Å²) >= 11 is 0. The first-order valence-electron chi connectivity index (χ1n) is 8.88. The smallest absolute Gasteiger partial charge is 0.414 e. The van der Waals surface area contributed by atoms with Crippen molar-refractivity contribution in [3.05, 3.63) is 66.2 Å². The van der Waals surface area contributed by atoms with E-state index in [4.69, 9.17) is 9.47 Å². The quantitative estimate of drug-likeness (QED) is 0.601. The van der Waals surface area contributed by atoms with E-state index in [1.807, 2.05) is 12.1 Å². The van der Waals surface area contributed by atoms with Crippen LogP contribution in [0.4, 0.5) is 4.79 Å². The third kappa shape index (κ3) is 4.82. The Morgan fingerprint density at radius 2 is 1.83 bits per heavy atom. The molecule has 0 bridgehead atoms. The molecule has 1 aromatic carbocycles. The van der Waals surface area contributed by atoms with Gasteiger partial charge in [0.2, 0.25) is 0 Å². The molecule has 3 rings (SSSR count). The lowest BCUT2D eigenvalue weighted by Gasteiger charge is -2.11. The van der Waals surface area contributed by atoms with Crippen molar-refractivity contribution in [1.29, 1.82) is 0 Å². The second-order valence-corrected chi connectivity index (χ2v) is 6.23. The van der Waals surface area contributed by atoms with E-state index < -0.39 is 12.0 Å². The van der Waals surface area contributed by atoms with E-state index in [1.165, 1.54) is 23.5 Å². The summed E-state index contributed by atoms with van der Waals surface area (Å²) < 4.78 is 10.4. The predicted molar refractivity (Wildman–Crippen MR) is 110 cm³/mol. The lowest BCUT2D eigenvalue weighted by Crippen LogP contribution is -2.25. The number of methoxy groups -OCH3 is 1. The number of amides is 2. The highest BCUT2D eigenvalue weighted by Gasteiger charge is 2.15. The molecule has 0 aliphatic carbocycles. The Labute approximate surface area is 173 Å². The fourth-order valence-electron chi connectivity index (χ4n) is 2.45. The fourth-order valence-corrected chi connectivity index (χ4v) is 2.45. The van der Waals surface area contributed by atoms with Gasteiger partial charge >= 0.3 is 6.09 Å². The second-order valence-electron chi connectivity index (χ2n) is 6.23. The van der Waals surface area contributed by atoms with Crippen LogP contribution in [0.2, 0.25) is 0 Å². The highest BCUT2D eigenvalue weighted by molar-refractivity contribution is 6.04. The third-order valence-electron chi connectivity index (χ3n) is 3.99. The Bertz CT molecular complexity index is 1080. The number of rotatable bonds is 5. The van der Waals surface area contributed by atoms with Crippen molar-refractivity contribution in [2.24, 2.45) is 4.99 Å². The van der Waals surface area contributed by atoms with E-state index in [9.17, 15) is 9.59 Å². The molecule has 0 N–H and O–H groups in total. The second kappa shape index (κ2) is 9.37. The van der Waals surface area contributed by atoms with E-state index in [1.54, 1.807) is 51.5 Å². The molecule has 9 nitrogen and oxygen atoms in total. The number of pyridine rings is 1. The summed E-state index contributed by atoms with van der Waals surface area (Å²) in [5.41, 5.74) is 1.66. The molecule has 0 saturated heterocycles. The van der Waals surface area contributed by atoms with Crippen LogP contribution in [0.5, 0.6) is 11.5 Å². The summed E-state index contributed by atoms with van der Waals surface area (Å²) in [6, 6.07) is 12.1. The molecule has 9 heteroatoms. The van der Waals surface area contributed by atoms with Crippen LogP contribution in [0.25, 0.3) is 11.1 Å². The van der Waals surface area contributed by atoms with E-state index in [0.717, 1.165) is 5.56 Å². The van der Waals surface area contributed by atoms with Crippen LogP contribution in [0.1, 0.15) is 16.2 Å². The molecule has 0 unspecified atom stereocenters. The van der Waals surface area contributed by atoms with Gasteiger partial charge in [-0.2, -0.15) is 5.10 Å². The lowest BCUT2D eigenvalue weighted by molar-refractivity contribution is 0.0998. The van der Waals surface area contributed by atoms with Crippen LogP contribution < -0.4 is 9.47 Å². The zero-order chi connectivity index (χ0) is 21.5. The highest BCUT2D eigenvalue weighted by Crippen LogP contribution is 2.24. The molecule has 30 heavy (non-hydrogen) atoms. The van der Waals surface area contributed by atoms with E-state index in [0.29, 0.717) is 11.3 Å². The van der Waals surface area contributed by atoms with Gasteiger partial charge in [0.05, 0.1) is 19.5 Å². The third-order valence-corrected chi connectivity index (χ3v) is 3.99. The predicted octanol–water partition coefficient (Wildman–Crippen LogP) is 2.87. The molecular formula is C21H19N5O4. The number of hydrogen-bond acceptors (Lipinski definition) is 7. The molecule has 0 atom stereocenters. The zero-order valence-electron chi connectivity index (χ0n) is 16.6. The molecule has 3 aromatic rings. The first-order chi connectivity index (χ1) is 14.5. The maximum absolute atomic E-state index is 12.7. The molecule has 0 fully saturated rings. The summed E-state index contributed by atoms with van der Waals surface area (Å²) in [5, 5.41) is 7.74. The molecule has 0 aliphatic rings. The molecule has 0 saturated carbocycles. The van der Waals surface area contributed by atoms with Crippen LogP contribution in [-0.2, 0) is 0 Å². The maximum atomic E-state index is 12.7. The van der Waals surface area contributed by atoms with Gasteiger partial charge in [-0.1, -0.05) is 12.1 Å². The van der Waals surface area contributed by atoms with Crippen LogP contribution in [-0.4, -0.2) is 59.5 Å². The average Bonchev–Trinajstić information content (AvgIpc) is 2.78. The van der Waals surface area contributed by atoms with Crippen molar-refractivity contribution in [3.8, 4) is 22.6 Å². The molecular weight excluding hydrogens is 386 g/mol. The maximum Gasteiger partial charge on any atom is 0.414 e. The molecule has 0 radical (unpaired) electrons. The zero-order valence-corrected chi connectivity index (χ0v) is 16.6. The Morgan fingerprint density at radius 3 is 2.53 bits per heavy atom. The SMILES string of the molecule is COc1ccc(-c2ccnnc2C(=O)N=Cc2ncccc2OC(=O)N(C)C)cc1. The lowest BCUT2D eigenvalue weighted by atomic mass is 10.0. The van der Waals surface area contributed by atoms with Gasteiger partial charge in [-0.15, -0.1) is 5.10 Å². The van der Waals surface area contributed by atoms with Crippen molar-refractivity contribution < 1.29 is 19.1 Å². The van der Waals surface area contributed by atoms with Crippen LogP contribution in [0, 0.1) is 0 Å². The van der Waals surface area contributed by atoms with Crippen LogP contribution in [0.3, 0.4) is 0 Å². The van der Waals surface area contributed by atoms with Gasteiger partial charge in [-0.25, -0.2) is 9.79 Å². The fraction of sp³-hybridized carbons (Fsp3) is 0.143. The summed E-state index contributed by atoms with van der Waals surface area (Å²) in [4.78, 5) is 33.8. The minimum Gasteiger partial charge on any atom is -0.497 e. The first-order valence-corrected chi connectivity index (χ1v) is 8.88.